The third kappa shape index (κ3) is 3.15. The van der Waals surface area contributed by atoms with Crippen LogP contribution in [-0.2, 0) is 0 Å². The molecule has 0 amide bonds. The van der Waals surface area contributed by atoms with Crippen LogP contribution in [0, 0.1) is 0 Å². The van der Waals surface area contributed by atoms with E-state index in [1.165, 1.54) is 12.8 Å². The summed E-state index contributed by atoms with van der Waals surface area (Å²) >= 11 is 0. The molecular formula is C20H22N2O2. The second kappa shape index (κ2) is 6.29. The van der Waals surface area contributed by atoms with Crippen molar-refractivity contribution in [3.63, 3.8) is 0 Å². The minimum Gasteiger partial charge on any atom is -0.482 e. The van der Waals surface area contributed by atoms with E-state index >= 15 is 0 Å². The number of rotatable bonds is 5. The Kier molecular flexibility index (Phi) is 3.98. The Morgan fingerprint density at radius 3 is 2.75 bits per heavy atom. The van der Waals surface area contributed by atoms with Crippen LogP contribution in [0.2, 0.25) is 0 Å². The van der Waals surface area contributed by atoms with Crippen LogP contribution < -0.4 is 15.4 Å². The molecule has 2 aliphatic rings. The normalized spacial score (nSPS) is 20.5. The smallest absolute Gasteiger partial charge is 0.179 e. The number of anilines is 1. The highest BCUT2D eigenvalue weighted by atomic mass is 16.5. The summed E-state index contributed by atoms with van der Waals surface area (Å²) in [4.78, 5) is 12.5. The van der Waals surface area contributed by atoms with Gasteiger partial charge in [0.25, 0.3) is 0 Å². The number of hydrogen-bond acceptors (Lipinski definition) is 4. The van der Waals surface area contributed by atoms with E-state index in [1.54, 1.807) is 0 Å². The van der Waals surface area contributed by atoms with E-state index in [4.69, 9.17) is 4.74 Å². The molecule has 2 atom stereocenters. The van der Waals surface area contributed by atoms with Gasteiger partial charge in [0.05, 0.1) is 18.3 Å². The average molecular weight is 322 g/mol. The SMILES string of the molecule is CC(NC1CC1)C(=O)c1ccc2c(c1)NCC(c1ccccc1)O2. The lowest BCUT2D eigenvalue weighted by Crippen LogP contribution is -2.35. The third-order valence-electron chi connectivity index (χ3n) is 4.64. The number of benzene rings is 2. The highest BCUT2D eigenvalue weighted by Gasteiger charge is 2.27. The van der Waals surface area contributed by atoms with Gasteiger partial charge in [0, 0.05) is 11.6 Å². The van der Waals surface area contributed by atoms with E-state index in [2.05, 4.69) is 22.8 Å². The van der Waals surface area contributed by atoms with Gasteiger partial charge in [0.1, 0.15) is 11.9 Å². The Bertz CT molecular complexity index is 741. The molecule has 2 unspecified atom stereocenters. The molecule has 1 aliphatic heterocycles. The lowest BCUT2D eigenvalue weighted by molar-refractivity contribution is 0.0950. The van der Waals surface area contributed by atoms with Crippen LogP contribution in [0.3, 0.4) is 0 Å². The van der Waals surface area contributed by atoms with Crippen LogP contribution in [0.1, 0.15) is 41.8 Å². The minimum absolute atomic E-state index is 0.00397. The van der Waals surface area contributed by atoms with Gasteiger partial charge in [-0.1, -0.05) is 30.3 Å². The Hall–Kier alpha value is -2.33. The summed E-state index contributed by atoms with van der Waals surface area (Å²) in [6, 6.07) is 16.2. The van der Waals surface area contributed by atoms with Gasteiger partial charge >= 0.3 is 0 Å². The standard InChI is InChI=1S/C20H22N2O2/c1-13(22-16-8-9-16)20(23)15-7-10-18-17(11-15)21-12-19(24-18)14-5-3-2-4-6-14/h2-7,10-11,13,16,19,21-22H,8-9,12H2,1H3. The molecule has 2 aromatic carbocycles. The molecule has 0 radical (unpaired) electrons. The zero-order chi connectivity index (χ0) is 16.5. The highest BCUT2D eigenvalue weighted by molar-refractivity contribution is 6.01. The molecule has 1 aliphatic carbocycles. The first kappa shape index (κ1) is 15.2. The highest BCUT2D eigenvalue weighted by Crippen LogP contribution is 2.35. The molecule has 124 valence electrons. The predicted octanol–water partition coefficient (Wildman–Crippen LogP) is 3.56. The summed E-state index contributed by atoms with van der Waals surface area (Å²) in [6.07, 6.45) is 2.35. The van der Waals surface area contributed by atoms with Crippen molar-refractivity contribution in [3.05, 3.63) is 59.7 Å². The Morgan fingerprint density at radius 2 is 2.00 bits per heavy atom. The number of carbonyl (C=O) groups excluding carboxylic acids is 1. The van der Waals surface area contributed by atoms with Crippen molar-refractivity contribution in [1.29, 1.82) is 0 Å². The zero-order valence-corrected chi connectivity index (χ0v) is 13.8. The van der Waals surface area contributed by atoms with Crippen molar-refractivity contribution in [2.24, 2.45) is 0 Å². The molecular weight excluding hydrogens is 300 g/mol. The van der Waals surface area contributed by atoms with Gasteiger partial charge in [-0.15, -0.1) is 0 Å². The number of fused-ring (bicyclic) bond motifs is 1. The quantitative estimate of drug-likeness (QED) is 0.827. The summed E-state index contributed by atoms with van der Waals surface area (Å²) < 4.78 is 6.10. The van der Waals surface area contributed by atoms with E-state index in [0.29, 0.717) is 12.6 Å². The first-order chi connectivity index (χ1) is 11.7. The number of Topliss-reactive ketones (excluding diaryl/α,β-unsaturated/α-hetero) is 1. The Morgan fingerprint density at radius 1 is 1.21 bits per heavy atom. The fraction of sp³-hybridized carbons (Fsp3) is 0.350. The molecule has 2 aromatic rings. The largest absolute Gasteiger partial charge is 0.482 e. The van der Waals surface area contributed by atoms with E-state index in [9.17, 15) is 4.79 Å². The van der Waals surface area contributed by atoms with Gasteiger partial charge in [-0.05, 0) is 43.5 Å². The fourth-order valence-electron chi connectivity index (χ4n) is 3.10. The molecule has 0 spiro atoms. The van der Waals surface area contributed by atoms with Crippen molar-refractivity contribution < 1.29 is 9.53 Å². The van der Waals surface area contributed by atoms with Gasteiger partial charge in [-0.3, -0.25) is 4.79 Å². The van der Waals surface area contributed by atoms with E-state index < -0.39 is 0 Å². The van der Waals surface area contributed by atoms with Gasteiger partial charge in [-0.25, -0.2) is 0 Å². The van der Waals surface area contributed by atoms with Gasteiger partial charge < -0.3 is 15.4 Å². The summed E-state index contributed by atoms with van der Waals surface area (Å²) in [6.45, 7) is 2.64. The maximum Gasteiger partial charge on any atom is 0.179 e. The van der Waals surface area contributed by atoms with E-state index in [-0.39, 0.29) is 17.9 Å². The van der Waals surface area contributed by atoms with Crippen molar-refractivity contribution in [2.75, 3.05) is 11.9 Å². The summed E-state index contributed by atoms with van der Waals surface area (Å²) in [7, 11) is 0. The van der Waals surface area contributed by atoms with Crippen LogP contribution in [0.5, 0.6) is 5.75 Å². The first-order valence-electron chi connectivity index (χ1n) is 8.60. The zero-order valence-electron chi connectivity index (χ0n) is 13.8. The molecule has 4 rings (SSSR count). The lowest BCUT2D eigenvalue weighted by Gasteiger charge is -2.28. The maximum atomic E-state index is 12.5. The second-order valence-electron chi connectivity index (χ2n) is 6.64. The molecule has 0 aromatic heterocycles. The van der Waals surface area contributed by atoms with E-state index in [0.717, 1.165) is 22.6 Å². The summed E-state index contributed by atoms with van der Waals surface area (Å²) in [5.74, 6) is 0.936. The van der Waals surface area contributed by atoms with Crippen LogP contribution in [0.15, 0.2) is 48.5 Å². The molecule has 4 heteroatoms. The number of ether oxygens (including phenoxy) is 1. The topological polar surface area (TPSA) is 50.4 Å². The van der Waals surface area contributed by atoms with Crippen molar-refractivity contribution in [1.82, 2.24) is 5.32 Å². The second-order valence-corrected chi connectivity index (χ2v) is 6.64. The molecule has 1 heterocycles. The molecule has 1 saturated carbocycles. The van der Waals surface area contributed by atoms with E-state index in [1.807, 2.05) is 43.3 Å². The number of carbonyl (C=O) groups is 1. The summed E-state index contributed by atoms with van der Waals surface area (Å²) in [5.41, 5.74) is 2.77. The average Bonchev–Trinajstić information content (AvgIpc) is 3.45. The molecule has 24 heavy (non-hydrogen) atoms. The summed E-state index contributed by atoms with van der Waals surface area (Å²) in [5, 5.41) is 6.76. The number of ketones is 1. The molecule has 0 saturated heterocycles. The molecule has 2 N–H and O–H groups in total. The predicted molar refractivity (Wildman–Crippen MR) is 94.7 cm³/mol. The van der Waals surface area contributed by atoms with Gasteiger partial charge in [0.15, 0.2) is 5.78 Å². The van der Waals surface area contributed by atoms with Gasteiger partial charge in [-0.2, -0.15) is 0 Å². The van der Waals surface area contributed by atoms with Gasteiger partial charge in [0.2, 0.25) is 0 Å². The molecule has 4 nitrogen and oxygen atoms in total. The lowest BCUT2D eigenvalue weighted by atomic mass is 10.0. The third-order valence-corrected chi connectivity index (χ3v) is 4.64. The van der Waals surface area contributed by atoms with Crippen molar-refractivity contribution in [2.45, 2.75) is 38.0 Å². The molecule has 0 bridgehead atoms. The monoisotopic (exact) mass is 322 g/mol. The minimum atomic E-state index is -0.142. The van der Waals surface area contributed by atoms with Crippen molar-refractivity contribution >= 4 is 11.5 Å². The van der Waals surface area contributed by atoms with Crippen LogP contribution >= 0.6 is 0 Å². The Labute approximate surface area is 142 Å². The number of hydrogen-bond donors (Lipinski definition) is 2. The maximum absolute atomic E-state index is 12.5. The number of nitrogens with one attached hydrogen (secondary N) is 2. The van der Waals surface area contributed by atoms with Crippen LogP contribution in [-0.4, -0.2) is 24.4 Å². The molecule has 1 fully saturated rings. The Balaban J connectivity index is 1.49. The van der Waals surface area contributed by atoms with Crippen LogP contribution in [0.25, 0.3) is 0 Å². The first-order valence-corrected chi connectivity index (χ1v) is 8.60. The fourth-order valence-corrected chi connectivity index (χ4v) is 3.10. The van der Waals surface area contributed by atoms with Crippen LogP contribution in [0.4, 0.5) is 5.69 Å². The van der Waals surface area contributed by atoms with Crippen molar-refractivity contribution in [3.8, 4) is 5.75 Å².